The zero-order valence-corrected chi connectivity index (χ0v) is 25.6. The van der Waals surface area contributed by atoms with E-state index in [1.807, 2.05) is 18.2 Å². The van der Waals surface area contributed by atoms with Crippen LogP contribution in [-0.4, -0.2) is 0 Å². The van der Waals surface area contributed by atoms with E-state index < -0.39 is 0 Å². The number of nitrogens with zero attached hydrogens (tertiary/aromatic N) is 2. The van der Waals surface area contributed by atoms with E-state index in [0.29, 0.717) is 0 Å². The Balaban J connectivity index is 1.12. The number of fused-ring (bicyclic) bond motifs is 4. The van der Waals surface area contributed by atoms with Crippen molar-refractivity contribution in [2.75, 3.05) is 4.90 Å². The minimum atomic E-state index is 0.747. The summed E-state index contributed by atoms with van der Waals surface area (Å²) in [6.45, 7) is 0. The van der Waals surface area contributed by atoms with E-state index in [2.05, 4.69) is 114 Å². The molecule has 6 aromatic carbocycles. The number of hydrogen-bond acceptors (Lipinski definition) is 2. The summed E-state index contributed by atoms with van der Waals surface area (Å²) in [6.07, 6.45) is 14.2. The van der Waals surface area contributed by atoms with E-state index in [1.54, 1.807) is 0 Å². The monoisotopic (exact) mass is 580 g/mol. The molecule has 0 bridgehead atoms. The Kier molecular flexibility index (Phi) is 7.16. The second-order valence-corrected chi connectivity index (χ2v) is 12.6. The molecule has 45 heavy (non-hydrogen) atoms. The molecule has 0 spiro atoms. The van der Waals surface area contributed by atoms with Gasteiger partial charge < -0.3 is 4.90 Å². The van der Waals surface area contributed by atoms with Crippen molar-refractivity contribution >= 4 is 50.8 Å². The van der Waals surface area contributed by atoms with Crippen molar-refractivity contribution in [2.45, 2.75) is 51.4 Å². The average Bonchev–Trinajstić information content (AvgIpc) is 3.10. The summed E-state index contributed by atoms with van der Waals surface area (Å²) in [5, 5.41) is 14.1. The summed E-state index contributed by atoms with van der Waals surface area (Å²) >= 11 is 0. The van der Waals surface area contributed by atoms with Crippen LogP contribution >= 0.6 is 0 Å². The molecule has 2 nitrogen and oxygen atoms in total. The first-order valence-corrected chi connectivity index (χ1v) is 16.4. The lowest BCUT2D eigenvalue weighted by molar-refractivity contribution is 0.685. The van der Waals surface area contributed by atoms with Gasteiger partial charge in [0.05, 0.1) is 5.56 Å². The molecule has 0 aliphatic heterocycles. The van der Waals surface area contributed by atoms with Gasteiger partial charge in [0.2, 0.25) is 0 Å². The fourth-order valence-electron chi connectivity index (χ4n) is 7.41. The van der Waals surface area contributed by atoms with Gasteiger partial charge in [0.15, 0.2) is 0 Å². The molecule has 2 aliphatic rings. The molecule has 0 N–H and O–H groups in total. The van der Waals surface area contributed by atoms with Gasteiger partial charge in [-0.3, -0.25) is 0 Å². The van der Waals surface area contributed by atoms with Crippen LogP contribution in [0.15, 0.2) is 109 Å². The van der Waals surface area contributed by atoms with Gasteiger partial charge in [-0.15, -0.1) is 0 Å². The first kappa shape index (κ1) is 27.4. The normalized spacial score (nSPS) is 14.3. The highest BCUT2D eigenvalue weighted by Gasteiger charge is 2.18. The Bertz CT molecular complexity index is 2070. The van der Waals surface area contributed by atoms with Crippen LogP contribution in [0.1, 0.15) is 64.6 Å². The predicted molar refractivity (Wildman–Crippen MR) is 190 cm³/mol. The number of aryl methyl sites for hydroxylation is 4. The maximum atomic E-state index is 9.90. The van der Waals surface area contributed by atoms with E-state index in [-0.39, 0.29) is 0 Å². The van der Waals surface area contributed by atoms with Gasteiger partial charge in [-0.25, -0.2) is 0 Å². The molecule has 8 rings (SSSR count). The minimum absolute atomic E-state index is 0.747. The second-order valence-electron chi connectivity index (χ2n) is 12.6. The first-order valence-electron chi connectivity index (χ1n) is 16.4. The molecule has 0 saturated heterocycles. The van der Waals surface area contributed by atoms with Crippen LogP contribution < -0.4 is 4.90 Å². The summed E-state index contributed by atoms with van der Waals surface area (Å²) < 4.78 is 0. The van der Waals surface area contributed by atoms with E-state index in [4.69, 9.17) is 0 Å². The van der Waals surface area contributed by atoms with E-state index in [1.165, 1.54) is 90.7 Å². The van der Waals surface area contributed by atoms with Crippen molar-refractivity contribution in [1.82, 2.24) is 0 Å². The molecular weight excluding hydrogens is 544 g/mol. The number of benzene rings is 6. The summed E-state index contributed by atoms with van der Waals surface area (Å²) in [5.74, 6) is 0. The second kappa shape index (κ2) is 11.8. The average molecular weight is 581 g/mol. The largest absolute Gasteiger partial charge is 0.310 e. The molecule has 2 heteroatoms. The Morgan fingerprint density at radius 2 is 1.04 bits per heavy atom. The van der Waals surface area contributed by atoms with E-state index >= 15 is 0 Å². The Labute approximate surface area is 265 Å². The zero-order chi connectivity index (χ0) is 30.2. The third kappa shape index (κ3) is 5.30. The summed E-state index contributed by atoms with van der Waals surface area (Å²) in [6, 6.07) is 42.3. The van der Waals surface area contributed by atoms with E-state index in [0.717, 1.165) is 38.2 Å². The highest BCUT2D eigenvalue weighted by molar-refractivity contribution is 6.05. The first-order chi connectivity index (χ1) is 22.2. The summed E-state index contributed by atoms with van der Waals surface area (Å²) in [5.41, 5.74) is 12.7. The standard InChI is InChI=1S/C43H36N2/c44-29-43-41-12-6-5-11-36(41)26-37-25-31(17-24-42(37)43)14-13-30-15-20-38(21-16-30)45(39-22-18-32-7-1-3-9-34(32)27-39)40-23-19-33-8-2-4-10-35(33)28-40/h5-6,11-28H,1-4,7-10H2. The third-order valence-electron chi connectivity index (χ3n) is 9.80. The van der Waals surface area contributed by atoms with Crippen LogP contribution in [0.5, 0.6) is 0 Å². The smallest absolute Gasteiger partial charge is 0.100 e. The molecule has 0 atom stereocenters. The van der Waals surface area contributed by atoms with Gasteiger partial charge in [-0.05, 0) is 144 Å². The molecule has 2 aliphatic carbocycles. The molecule has 0 saturated carbocycles. The molecule has 6 aromatic rings. The van der Waals surface area contributed by atoms with Gasteiger partial charge in [-0.1, -0.05) is 72.8 Å². The maximum Gasteiger partial charge on any atom is 0.100 e. The van der Waals surface area contributed by atoms with Crippen molar-refractivity contribution < 1.29 is 0 Å². The van der Waals surface area contributed by atoms with E-state index in [9.17, 15) is 5.26 Å². The molecule has 218 valence electrons. The maximum absolute atomic E-state index is 9.90. The lowest BCUT2D eigenvalue weighted by Crippen LogP contribution is -2.13. The van der Waals surface area contributed by atoms with Crippen LogP contribution in [-0.2, 0) is 25.7 Å². The molecule has 0 radical (unpaired) electrons. The van der Waals surface area contributed by atoms with Crippen molar-refractivity contribution in [2.24, 2.45) is 0 Å². The lowest BCUT2D eigenvalue weighted by Gasteiger charge is -2.29. The van der Waals surface area contributed by atoms with Gasteiger partial charge in [-0.2, -0.15) is 5.26 Å². The SMILES string of the molecule is N#Cc1c2ccccc2cc2cc(C=Cc3ccc(N(c4ccc5c(c4)CCCC5)c4ccc5c(c4)CCCC5)cc3)ccc12. The van der Waals surface area contributed by atoms with Crippen LogP contribution in [0.3, 0.4) is 0 Å². The van der Waals surface area contributed by atoms with Gasteiger partial charge in [0.25, 0.3) is 0 Å². The fraction of sp³-hybridized carbons (Fsp3) is 0.186. The molecule has 0 fully saturated rings. The van der Waals surface area contributed by atoms with Crippen LogP contribution in [0.4, 0.5) is 17.1 Å². The Morgan fingerprint density at radius 3 is 1.71 bits per heavy atom. The topological polar surface area (TPSA) is 27.0 Å². The summed E-state index contributed by atoms with van der Waals surface area (Å²) in [7, 11) is 0. The zero-order valence-electron chi connectivity index (χ0n) is 25.6. The van der Waals surface area contributed by atoms with Gasteiger partial charge >= 0.3 is 0 Å². The highest BCUT2D eigenvalue weighted by atomic mass is 15.1. The molecule has 0 heterocycles. The van der Waals surface area contributed by atoms with Crippen LogP contribution in [0.25, 0.3) is 33.7 Å². The Hall–Kier alpha value is -5.13. The van der Waals surface area contributed by atoms with Gasteiger partial charge in [0, 0.05) is 27.8 Å². The lowest BCUT2D eigenvalue weighted by atomic mass is 9.90. The molecular formula is C43H36N2. The van der Waals surface area contributed by atoms with Crippen molar-refractivity contribution in [1.29, 1.82) is 5.26 Å². The predicted octanol–water partition coefficient (Wildman–Crippen LogP) is 11.3. The molecule has 0 unspecified atom stereocenters. The number of nitriles is 1. The van der Waals surface area contributed by atoms with Gasteiger partial charge in [0.1, 0.15) is 6.07 Å². The summed E-state index contributed by atoms with van der Waals surface area (Å²) in [4.78, 5) is 2.44. The third-order valence-corrected chi connectivity index (χ3v) is 9.80. The minimum Gasteiger partial charge on any atom is -0.310 e. The quantitative estimate of drug-likeness (QED) is 0.150. The number of rotatable bonds is 5. The molecule has 0 aromatic heterocycles. The fourth-order valence-corrected chi connectivity index (χ4v) is 7.41. The Morgan fingerprint density at radius 1 is 0.489 bits per heavy atom. The van der Waals surface area contributed by atoms with Crippen molar-refractivity contribution in [3.8, 4) is 6.07 Å². The van der Waals surface area contributed by atoms with Crippen LogP contribution in [0, 0.1) is 11.3 Å². The number of anilines is 3. The number of hydrogen-bond donors (Lipinski definition) is 0. The van der Waals surface area contributed by atoms with Crippen molar-refractivity contribution in [3.63, 3.8) is 0 Å². The van der Waals surface area contributed by atoms with Crippen molar-refractivity contribution in [3.05, 3.63) is 148 Å². The molecule has 0 amide bonds. The highest BCUT2D eigenvalue weighted by Crippen LogP contribution is 2.39. The van der Waals surface area contributed by atoms with Crippen LogP contribution in [0.2, 0.25) is 0 Å².